The summed E-state index contributed by atoms with van der Waals surface area (Å²) >= 11 is 0. The average molecular weight is 618 g/mol. The van der Waals surface area contributed by atoms with E-state index in [2.05, 4.69) is 27.6 Å². The first-order valence-corrected chi connectivity index (χ1v) is 15.5. The molecule has 1 aliphatic carbocycles. The number of carbonyl (C=O) groups excluding carboxylic acids is 1. The van der Waals surface area contributed by atoms with Crippen LogP contribution < -0.4 is 27.1 Å². The minimum Gasteiger partial charge on any atom is -0.383 e. The Hall–Kier alpha value is -5.19. The molecule has 7 rings (SSSR count). The van der Waals surface area contributed by atoms with Crippen LogP contribution in [0.4, 0.5) is 21.6 Å². The van der Waals surface area contributed by atoms with Crippen molar-refractivity contribution in [1.29, 1.82) is 0 Å². The maximum Gasteiger partial charge on any atom is 0.249 e. The summed E-state index contributed by atoms with van der Waals surface area (Å²) in [7, 11) is 0. The number of ether oxygens (including phenoxy) is 1. The number of hydrazine groups is 1. The van der Waals surface area contributed by atoms with Crippen molar-refractivity contribution in [1.82, 2.24) is 15.4 Å². The molecule has 1 fully saturated rings. The predicted octanol–water partition coefficient (Wildman–Crippen LogP) is 5.29. The summed E-state index contributed by atoms with van der Waals surface area (Å²) in [5, 5.41) is 7.31. The molecule has 2 aliphatic heterocycles. The molecule has 4 aromatic rings. The molecule has 0 radical (unpaired) electrons. The number of fused-ring (bicyclic) bond motifs is 2. The molecule has 234 valence electrons. The number of halogens is 1. The molecule has 6 N–H and O–H groups in total. The zero-order valence-corrected chi connectivity index (χ0v) is 25.5. The fourth-order valence-corrected chi connectivity index (χ4v) is 6.44. The van der Waals surface area contributed by atoms with Gasteiger partial charge in [0.1, 0.15) is 12.0 Å². The Morgan fingerprint density at radius 1 is 1.15 bits per heavy atom. The smallest absolute Gasteiger partial charge is 0.249 e. The second-order valence-corrected chi connectivity index (χ2v) is 11.6. The first kappa shape index (κ1) is 29.5. The molecule has 3 aromatic carbocycles. The van der Waals surface area contributed by atoms with Gasteiger partial charge in [-0.15, -0.1) is 0 Å². The summed E-state index contributed by atoms with van der Waals surface area (Å²) in [6.45, 7) is 4.42. The quantitative estimate of drug-likeness (QED) is 0.211. The molecule has 2 unspecified atom stereocenters. The Morgan fingerprint density at radius 3 is 2.78 bits per heavy atom. The number of rotatable bonds is 8. The number of amides is 1. The molecule has 9 nitrogen and oxygen atoms in total. The third kappa shape index (κ3) is 5.46. The fourth-order valence-electron chi connectivity index (χ4n) is 6.44. The number of nitrogens with two attached hydrogens (primary N) is 2. The van der Waals surface area contributed by atoms with E-state index in [1.54, 1.807) is 18.3 Å². The van der Waals surface area contributed by atoms with Crippen molar-refractivity contribution in [2.45, 2.75) is 25.6 Å². The van der Waals surface area contributed by atoms with Gasteiger partial charge in [0.15, 0.2) is 5.82 Å². The number of hydrogen-bond acceptors (Lipinski definition) is 8. The molecular formula is C36H36FN7O2. The van der Waals surface area contributed by atoms with Crippen LogP contribution >= 0.6 is 0 Å². The molecule has 2 atom stereocenters. The molecule has 0 bridgehead atoms. The largest absolute Gasteiger partial charge is 0.383 e. The van der Waals surface area contributed by atoms with Gasteiger partial charge in [0.25, 0.3) is 0 Å². The van der Waals surface area contributed by atoms with Crippen molar-refractivity contribution >= 4 is 39.4 Å². The monoisotopic (exact) mass is 617 g/mol. The molecule has 0 saturated carbocycles. The Morgan fingerprint density at radius 2 is 1.98 bits per heavy atom. The van der Waals surface area contributed by atoms with Crippen LogP contribution in [0.5, 0.6) is 0 Å². The SMILES string of the molecule is CCc1cc(C(Nc2ccc3c(N)nccc3c2)N2C=C3C(c4ccccc4C(N)=O)=CC=CC3N2)c(F)c(N2CCOCC2)c1. The third-order valence-electron chi connectivity index (χ3n) is 8.83. The van der Waals surface area contributed by atoms with Crippen molar-refractivity contribution in [3.05, 3.63) is 125 Å². The maximum atomic E-state index is 16.8. The van der Waals surface area contributed by atoms with Gasteiger partial charge in [-0.1, -0.05) is 43.4 Å². The van der Waals surface area contributed by atoms with Gasteiger partial charge in [-0.3, -0.25) is 9.80 Å². The van der Waals surface area contributed by atoms with Crippen molar-refractivity contribution < 1.29 is 13.9 Å². The summed E-state index contributed by atoms with van der Waals surface area (Å²) in [5.41, 5.74) is 21.4. The highest BCUT2D eigenvalue weighted by atomic mass is 19.1. The number of nitrogens with zero attached hydrogens (tertiary/aromatic N) is 3. The number of aryl methyl sites for hydroxylation is 1. The second-order valence-electron chi connectivity index (χ2n) is 11.6. The molecule has 3 heterocycles. The highest BCUT2D eigenvalue weighted by Crippen LogP contribution is 2.39. The lowest BCUT2D eigenvalue weighted by atomic mass is 9.87. The van der Waals surface area contributed by atoms with E-state index in [1.165, 1.54) is 0 Å². The van der Waals surface area contributed by atoms with Crippen LogP contribution in [-0.4, -0.2) is 48.2 Å². The number of primary amides is 1. The number of hydrogen-bond donors (Lipinski definition) is 4. The number of carbonyl (C=O) groups is 1. The van der Waals surface area contributed by atoms with Crippen molar-refractivity contribution in [2.75, 3.05) is 42.3 Å². The minimum atomic E-state index is -0.651. The summed E-state index contributed by atoms with van der Waals surface area (Å²) in [5.74, 6) is -0.326. The number of nitrogens with one attached hydrogen (secondary N) is 2. The summed E-state index contributed by atoms with van der Waals surface area (Å²) in [6.07, 6.45) is 9.75. The van der Waals surface area contributed by atoms with Crippen molar-refractivity contribution in [3.8, 4) is 0 Å². The standard InChI is InChI=1S/C36H36FN7O2/c1-2-22-18-29(33(37)32(19-22)43-14-16-46-17-15-43)36(41-24-10-11-25-23(20-24)12-13-40-34(25)38)44-21-30-27(8-5-9-31(30)42-44)26-6-3-4-7-28(26)35(39)45/h3-13,18-21,31,36,41-42H,2,14-17H2,1H3,(H2,38,40)(H2,39,45). The molecule has 1 aromatic heterocycles. The van der Waals surface area contributed by atoms with Crippen molar-refractivity contribution in [2.24, 2.45) is 5.73 Å². The number of benzene rings is 3. The summed E-state index contributed by atoms with van der Waals surface area (Å²) < 4.78 is 22.4. The Bertz CT molecular complexity index is 1910. The lowest BCUT2D eigenvalue weighted by molar-refractivity contribution is 0.1000. The van der Waals surface area contributed by atoms with Crippen LogP contribution in [0.2, 0.25) is 0 Å². The van der Waals surface area contributed by atoms with Crippen LogP contribution in [0.1, 0.15) is 40.1 Å². The van der Waals surface area contributed by atoms with E-state index < -0.39 is 12.1 Å². The van der Waals surface area contributed by atoms with E-state index in [9.17, 15) is 4.79 Å². The third-order valence-corrected chi connectivity index (χ3v) is 8.83. The number of aromatic nitrogens is 1. The average Bonchev–Trinajstić information content (AvgIpc) is 3.52. The molecule has 46 heavy (non-hydrogen) atoms. The van der Waals surface area contributed by atoms with Gasteiger partial charge in [-0.2, -0.15) is 0 Å². The van der Waals surface area contributed by atoms with Gasteiger partial charge in [0.2, 0.25) is 5.91 Å². The first-order valence-electron chi connectivity index (χ1n) is 15.5. The Kier molecular flexibility index (Phi) is 7.90. The minimum absolute atomic E-state index is 0.205. The van der Waals surface area contributed by atoms with Gasteiger partial charge in [-0.05, 0) is 71.0 Å². The number of nitrogen functional groups attached to an aromatic ring is 1. The molecule has 10 heteroatoms. The van der Waals surface area contributed by atoms with Crippen molar-refractivity contribution in [3.63, 3.8) is 0 Å². The van der Waals surface area contributed by atoms with Crippen LogP contribution in [0.3, 0.4) is 0 Å². The van der Waals surface area contributed by atoms with E-state index in [0.717, 1.165) is 45.2 Å². The highest BCUT2D eigenvalue weighted by Gasteiger charge is 2.34. The zero-order valence-electron chi connectivity index (χ0n) is 25.5. The van der Waals surface area contributed by atoms with Crippen LogP contribution in [0, 0.1) is 5.82 Å². The first-order chi connectivity index (χ1) is 22.4. The molecule has 3 aliphatic rings. The number of allylic oxidation sites excluding steroid dienone is 2. The lowest BCUT2D eigenvalue weighted by Gasteiger charge is -2.34. The highest BCUT2D eigenvalue weighted by molar-refractivity contribution is 6.01. The number of pyridine rings is 1. The van der Waals surface area contributed by atoms with Crippen LogP contribution in [0.15, 0.2) is 96.9 Å². The van der Waals surface area contributed by atoms with E-state index in [1.807, 2.05) is 78.0 Å². The molecular weight excluding hydrogens is 581 g/mol. The Balaban J connectivity index is 1.34. The van der Waals surface area contributed by atoms with Gasteiger partial charge in [-0.25, -0.2) is 14.8 Å². The fraction of sp³-hybridized carbons (Fsp3) is 0.222. The summed E-state index contributed by atoms with van der Waals surface area (Å²) in [4.78, 5) is 18.6. The van der Waals surface area contributed by atoms with Crippen LogP contribution in [0.25, 0.3) is 16.3 Å². The van der Waals surface area contributed by atoms with Gasteiger partial charge < -0.3 is 26.4 Å². The van der Waals surface area contributed by atoms with Crippen LogP contribution in [-0.2, 0) is 11.2 Å². The second kappa shape index (κ2) is 12.3. The maximum absolute atomic E-state index is 16.8. The topological polar surface area (TPSA) is 122 Å². The number of anilines is 3. The van der Waals surface area contributed by atoms with E-state index in [-0.39, 0.29) is 11.9 Å². The molecule has 1 saturated heterocycles. The van der Waals surface area contributed by atoms with E-state index >= 15 is 4.39 Å². The normalized spacial score (nSPS) is 18.3. The predicted molar refractivity (Wildman–Crippen MR) is 180 cm³/mol. The van der Waals surface area contributed by atoms with Gasteiger partial charge in [0, 0.05) is 53.3 Å². The summed E-state index contributed by atoms with van der Waals surface area (Å²) in [6, 6.07) is 18.8. The van der Waals surface area contributed by atoms with E-state index in [4.69, 9.17) is 16.2 Å². The molecule has 1 amide bonds. The van der Waals surface area contributed by atoms with E-state index in [0.29, 0.717) is 48.9 Å². The number of morpholine rings is 1. The zero-order chi connectivity index (χ0) is 31.8. The molecule has 0 spiro atoms. The lowest BCUT2D eigenvalue weighted by Crippen LogP contribution is -2.42. The van der Waals surface area contributed by atoms with Gasteiger partial charge in [0.05, 0.1) is 24.9 Å². The van der Waals surface area contributed by atoms with Gasteiger partial charge >= 0.3 is 0 Å². The Labute approximate surface area is 267 Å².